The Morgan fingerprint density at radius 3 is 2.21 bits per heavy atom. The Morgan fingerprint density at radius 1 is 0.962 bits per heavy atom. The SMILES string of the molecule is CO[C@@H]1[C@@H](O[C@@H]2O[C@H](C)[C@@H](O[C@H]3C[C@@](C)(O)[C@H](O)[C@@H](C)O3)[C@H](N(C)C)[C@H]2O)[C@@H](C(C)=O)C[C@@H](C)[C@@H](O)/C=C/C=C/C[C@@H](C)OC(=O)C[C@H]1OC(C)=O. The van der Waals surface area contributed by atoms with Gasteiger partial charge < -0.3 is 58.5 Å². The topological polar surface area (TPSA) is 200 Å². The fourth-order valence-corrected chi connectivity index (χ4v) is 7.25. The molecule has 2 saturated heterocycles. The highest BCUT2D eigenvalue weighted by Gasteiger charge is 2.52. The number of aliphatic hydroxyl groups excluding tert-OH is 3. The molecule has 3 rings (SSSR count). The van der Waals surface area contributed by atoms with Crippen molar-refractivity contribution in [3.63, 3.8) is 0 Å². The number of carbonyl (C=O) groups excluding carboxylic acids is 3. The highest BCUT2D eigenvalue weighted by molar-refractivity contribution is 5.79. The monoisotopic (exact) mass is 743 g/mol. The molecule has 0 radical (unpaired) electrons. The van der Waals surface area contributed by atoms with Gasteiger partial charge in [0.05, 0.1) is 36.4 Å². The van der Waals surface area contributed by atoms with Crippen LogP contribution in [0.3, 0.4) is 0 Å². The first-order valence-electron chi connectivity index (χ1n) is 18.0. The maximum Gasteiger partial charge on any atom is 0.309 e. The minimum Gasteiger partial charge on any atom is -0.462 e. The lowest BCUT2D eigenvalue weighted by molar-refractivity contribution is -0.343. The van der Waals surface area contributed by atoms with Gasteiger partial charge >= 0.3 is 11.9 Å². The molecule has 0 spiro atoms. The van der Waals surface area contributed by atoms with Crippen LogP contribution in [-0.2, 0) is 47.5 Å². The molecule has 0 saturated carbocycles. The molecule has 16 atom stereocenters. The fraction of sp³-hybridized carbons (Fsp3) is 0.811. The second-order valence-corrected chi connectivity index (χ2v) is 15.0. The summed E-state index contributed by atoms with van der Waals surface area (Å²) in [6, 6.07) is -0.771. The maximum absolute atomic E-state index is 13.5. The van der Waals surface area contributed by atoms with E-state index in [0.717, 1.165) is 0 Å². The van der Waals surface area contributed by atoms with Crippen molar-refractivity contribution < 1.29 is 68.0 Å². The molecular formula is C37H61NO14. The molecule has 4 N–H and O–H groups in total. The van der Waals surface area contributed by atoms with E-state index >= 15 is 0 Å². The maximum atomic E-state index is 13.5. The Morgan fingerprint density at radius 2 is 1.63 bits per heavy atom. The van der Waals surface area contributed by atoms with Crippen molar-refractivity contribution in [2.24, 2.45) is 11.8 Å². The Balaban J connectivity index is 2.04. The number of ketones is 1. The molecule has 0 aromatic carbocycles. The molecule has 15 heteroatoms. The number of aliphatic hydroxyl groups is 4. The number of hydrogen-bond acceptors (Lipinski definition) is 15. The van der Waals surface area contributed by atoms with E-state index < -0.39 is 115 Å². The molecule has 0 bridgehead atoms. The molecule has 298 valence electrons. The molecule has 0 aromatic heterocycles. The van der Waals surface area contributed by atoms with E-state index in [1.54, 1.807) is 71.0 Å². The summed E-state index contributed by atoms with van der Waals surface area (Å²) in [5.74, 6) is -3.18. The summed E-state index contributed by atoms with van der Waals surface area (Å²) in [5, 5.41) is 44.1. The lowest BCUT2D eigenvalue weighted by Gasteiger charge is -2.50. The van der Waals surface area contributed by atoms with Crippen LogP contribution < -0.4 is 0 Å². The zero-order valence-electron chi connectivity index (χ0n) is 32.1. The standard InChI is InChI=1S/C37H61NO14/c1-19-16-25(21(3)39)33(34(46-10)27(50-24(6)40)17-28(42)47-20(2)14-12-11-13-15-26(19)41)52-36-31(43)30(38(8)9)32(22(4)49-36)51-29-18-37(7,45)35(44)23(5)48-29/h11-13,15,19-20,22-23,25-27,29-36,41,43-45H,14,16-18H2,1-10H3/b12-11+,15-13+/t19-,20-,22-,23-,25-,26+,27-,29+,30-,31-,32-,33+,34+,35-,36+,37-/m1/s1. The summed E-state index contributed by atoms with van der Waals surface area (Å²) in [6.45, 7) is 10.9. The van der Waals surface area contributed by atoms with E-state index in [1.807, 2.05) is 0 Å². The first-order valence-corrected chi connectivity index (χ1v) is 18.0. The van der Waals surface area contributed by atoms with Crippen molar-refractivity contribution in [3.8, 4) is 0 Å². The lowest BCUT2D eigenvalue weighted by atomic mass is 9.82. The Hall–Kier alpha value is -2.31. The van der Waals surface area contributed by atoms with Gasteiger partial charge in [-0.3, -0.25) is 14.4 Å². The quantitative estimate of drug-likeness (QED) is 0.260. The highest BCUT2D eigenvalue weighted by Crippen LogP contribution is 2.36. The molecule has 0 aromatic rings. The molecule has 3 aliphatic rings. The van der Waals surface area contributed by atoms with Crippen LogP contribution in [-0.4, -0.2) is 150 Å². The summed E-state index contributed by atoms with van der Waals surface area (Å²) in [7, 11) is 4.81. The summed E-state index contributed by atoms with van der Waals surface area (Å²) < 4.78 is 42.1. The minimum atomic E-state index is -1.49. The Bertz CT molecular complexity index is 1240. The van der Waals surface area contributed by atoms with Crippen LogP contribution in [0.25, 0.3) is 0 Å². The predicted octanol–water partition coefficient (Wildman–Crippen LogP) is 1.42. The van der Waals surface area contributed by atoms with Crippen LogP contribution >= 0.6 is 0 Å². The number of rotatable bonds is 8. The zero-order chi connectivity index (χ0) is 39.1. The van der Waals surface area contributed by atoms with Gasteiger partial charge in [0, 0.05) is 32.8 Å². The lowest BCUT2D eigenvalue weighted by Crippen LogP contribution is -2.66. The van der Waals surface area contributed by atoms with Gasteiger partial charge in [0.15, 0.2) is 12.6 Å². The summed E-state index contributed by atoms with van der Waals surface area (Å²) >= 11 is 0. The second kappa shape index (κ2) is 19.3. The number of cyclic esters (lactones) is 1. The molecule has 0 aliphatic carbocycles. The number of ether oxygens (including phenoxy) is 7. The number of nitrogens with zero attached hydrogens (tertiary/aromatic N) is 1. The van der Waals surface area contributed by atoms with E-state index in [2.05, 4.69) is 0 Å². The molecule has 0 amide bonds. The smallest absolute Gasteiger partial charge is 0.309 e. The fourth-order valence-electron chi connectivity index (χ4n) is 7.25. The van der Waals surface area contributed by atoms with E-state index in [-0.39, 0.29) is 18.6 Å². The molecule has 15 nitrogen and oxygen atoms in total. The van der Waals surface area contributed by atoms with E-state index in [9.17, 15) is 34.8 Å². The van der Waals surface area contributed by atoms with Crippen molar-refractivity contribution in [2.45, 2.75) is 159 Å². The minimum absolute atomic E-state index is 0.0377. The summed E-state index contributed by atoms with van der Waals surface area (Å²) in [4.78, 5) is 40.8. The molecule has 3 heterocycles. The molecular weight excluding hydrogens is 682 g/mol. The number of methoxy groups -OCH3 is 1. The van der Waals surface area contributed by atoms with Gasteiger partial charge in [0.2, 0.25) is 0 Å². The zero-order valence-corrected chi connectivity index (χ0v) is 32.1. The molecule has 52 heavy (non-hydrogen) atoms. The van der Waals surface area contributed by atoms with Crippen LogP contribution in [0.15, 0.2) is 24.3 Å². The van der Waals surface area contributed by atoms with Crippen molar-refractivity contribution >= 4 is 17.7 Å². The Kier molecular flexibility index (Phi) is 16.4. The van der Waals surface area contributed by atoms with Gasteiger partial charge in [-0.25, -0.2) is 0 Å². The van der Waals surface area contributed by atoms with Crippen LogP contribution in [0.1, 0.15) is 74.1 Å². The van der Waals surface area contributed by atoms with Crippen molar-refractivity contribution in [1.29, 1.82) is 0 Å². The molecule has 3 aliphatic heterocycles. The van der Waals surface area contributed by atoms with Gasteiger partial charge in [0.1, 0.15) is 48.5 Å². The van der Waals surface area contributed by atoms with Crippen LogP contribution in [0, 0.1) is 11.8 Å². The third-order valence-electron chi connectivity index (χ3n) is 10.1. The van der Waals surface area contributed by atoms with E-state index in [4.69, 9.17) is 33.2 Å². The van der Waals surface area contributed by atoms with Crippen molar-refractivity contribution in [2.75, 3.05) is 21.2 Å². The third kappa shape index (κ3) is 11.6. The third-order valence-corrected chi connectivity index (χ3v) is 10.1. The number of esters is 2. The van der Waals surface area contributed by atoms with Crippen molar-refractivity contribution in [1.82, 2.24) is 4.90 Å². The van der Waals surface area contributed by atoms with E-state index in [0.29, 0.717) is 6.42 Å². The highest BCUT2D eigenvalue weighted by atomic mass is 16.7. The average molecular weight is 744 g/mol. The van der Waals surface area contributed by atoms with Crippen molar-refractivity contribution in [3.05, 3.63) is 24.3 Å². The second-order valence-electron chi connectivity index (χ2n) is 15.0. The van der Waals surface area contributed by atoms with Gasteiger partial charge in [-0.05, 0) is 61.1 Å². The number of carbonyl (C=O) groups is 3. The molecule has 2 fully saturated rings. The summed E-state index contributed by atoms with van der Waals surface area (Å²) in [6.07, 6.45) is -5.55. The van der Waals surface area contributed by atoms with Crippen LogP contribution in [0.4, 0.5) is 0 Å². The Labute approximate surface area is 307 Å². The van der Waals surface area contributed by atoms with Crippen LogP contribution in [0.2, 0.25) is 0 Å². The number of allylic oxidation sites excluding steroid dienone is 2. The number of likely N-dealkylation sites (N-methyl/N-ethyl adjacent to an activating group) is 1. The van der Waals surface area contributed by atoms with Gasteiger partial charge in [-0.15, -0.1) is 0 Å². The largest absolute Gasteiger partial charge is 0.462 e. The number of hydrogen-bond donors (Lipinski definition) is 4. The van der Waals surface area contributed by atoms with Gasteiger partial charge in [-0.1, -0.05) is 31.2 Å². The average Bonchev–Trinajstić information content (AvgIpc) is 3.02. The first kappa shape index (κ1) is 44.1. The summed E-state index contributed by atoms with van der Waals surface area (Å²) in [5.41, 5.74) is -1.49. The molecule has 0 unspecified atom stereocenters. The predicted molar refractivity (Wildman–Crippen MR) is 187 cm³/mol. The van der Waals surface area contributed by atoms with Gasteiger partial charge in [-0.2, -0.15) is 0 Å². The van der Waals surface area contributed by atoms with Gasteiger partial charge in [0.25, 0.3) is 0 Å². The van der Waals surface area contributed by atoms with Crippen LogP contribution in [0.5, 0.6) is 0 Å². The van der Waals surface area contributed by atoms with E-state index in [1.165, 1.54) is 27.9 Å². The first-order chi connectivity index (χ1) is 24.3. The normalized spacial score (nSPS) is 44.1. The number of Topliss-reactive ketones (excluding diaryl/α,β-unsaturated/α-hetero) is 1.